The molecule has 230 valence electrons. The third-order valence-corrected chi connectivity index (χ3v) is 6.35. The third kappa shape index (κ3) is 8.14. The summed E-state index contributed by atoms with van der Waals surface area (Å²) in [4.78, 5) is 0. The average Bonchev–Trinajstić information content (AvgIpc) is 2.93. The van der Waals surface area contributed by atoms with Gasteiger partial charge in [-0.3, -0.25) is 0 Å². The van der Waals surface area contributed by atoms with Crippen molar-refractivity contribution in [1.29, 1.82) is 0 Å². The number of nitrogens with two attached hydrogens (primary N) is 1. The van der Waals surface area contributed by atoms with Gasteiger partial charge in [0.2, 0.25) is 0 Å². The van der Waals surface area contributed by atoms with Gasteiger partial charge in [-0.15, -0.1) is 0 Å². The highest BCUT2D eigenvalue weighted by molar-refractivity contribution is 5.13. The summed E-state index contributed by atoms with van der Waals surface area (Å²) in [7, 11) is 0. The molecule has 20 N–H and O–H groups in total. The minimum Gasteiger partial charge on any atom is -0.394 e. The molecule has 19 heteroatoms. The molecule has 0 spiro atoms. The second-order valence-electron chi connectivity index (χ2n) is 9.00. The molecule has 0 heterocycles. The third-order valence-electron chi connectivity index (χ3n) is 6.35. The van der Waals surface area contributed by atoms with Crippen LogP contribution in [0.4, 0.5) is 0 Å². The monoisotopic (exact) mass is 571 g/mol. The first-order valence-corrected chi connectivity index (χ1v) is 11.2. The van der Waals surface area contributed by atoms with Crippen molar-refractivity contribution in [2.75, 3.05) is 19.8 Å². The van der Waals surface area contributed by atoms with Crippen LogP contribution in [0.3, 0.4) is 0 Å². The first-order chi connectivity index (χ1) is 17.4. The fourth-order valence-electron chi connectivity index (χ4n) is 3.59. The smallest absolute Gasteiger partial charge is 0.111 e. The molecule has 19 nitrogen and oxygen atoms in total. The number of hydrogen-bond acceptors (Lipinski definition) is 19. The Morgan fingerprint density at radius 1 is 0.342 bits per heavy atom. The Hall–Kier alpha value is -0.760. The predicted molar refractivity (Wildman–Crippen MR) is 118 cm³/mol. The van der Waals surface area contributed by atoms with E-state index in [9.17, 15) is 76.6 Å². The van der Waals surface area contributed by atoms with Crippen molar-refractivity contribution in [2.24, 2.45) is 5.73 Å². The summed E-state index contributed by atoms with van der Waals surface area (Å²) in [6.07, 6.45) is -39.0. The molecule has 0 aliphatic heterocycles. The summed E-state index contributed by atoms with van der Waals surface area (Å²) in [5, 5.41) is 178. The molecule has 38 heavy (non-hydrogen) atoms. The Kier molecular flexibility index (Phi) is 15.6. The number of aliphatic hydroxyl groups is 18. The SMILES string of the molecule is NC(C(O)C(O)C(O)C(O)C(O)CO)(C(O)C(O)C(O)C(O)C(O)CO)C(O)C(O)C(O)C(O)C(O)CO. The van der Waals surface area contributed by atoms with Crippen molar-refractivity contribution in [3.8, 4) is 0 Å². The molecule has 15 unspecified atom stereocenters. The molecular formula is C19H41NO18. The van der Waals surface area contributed by atoms with Crippen LogP contribution in [0.1, 0.15) is 0 Å². The van der Waals surface area contributed by atoms with Crippen LogP contribution in [-0.4, -0.2) is 209 Å². The summed E-state index contributed by atoms with van der Waals surface area (Å²) in [6.45, 7) is -3.52. The molecule has 0 fully saturated rings. The Labute approximate surface area is 215 Å². The molecule has 15 atom stereocenters. The summed E-state index contributed by atoms with van der Waals surface area (Å²) < 4.78 is 0. The number of rotatable bonds is 18. The highest BCUT2D eigenvalue weighted by Gasteiger charge is 2.58. The van der Waals surface area contributed by atoms with Crippen molar-refractivity contribution in [3.05, 3.63) is 0 Å². The van der Waals surface area contributed by atoms with E-state index >= 15 is 0 Å². The Bertz CT molecular complexity index is 580. The van der Waals surface area contributed by atoms with E-state index < -0.39 is 117 Å². The van der Waals surface area contributed by atoms with E-state index in [0.29, 0.717) is 0 Å². The first-order valence-electron chi connectivity index (χ1n) is 11.2. The van der Waals surface area contributed by atoms with Crippen LogP contribution < -0.4 is 5.73 Å². The zero-order valence-electron chi connectivity index (χ0n) is 19.9. The topological polar surface area (TPSA) is 390 Å². The van der Waals surface area contributed by atoms with Crippen LogP contribution in [0.5, 0.6) is 0 Å². The minimum atomic E-state index is -3.53. The van der Waals surface area contributed by atoms with Crippen LogP contribution in [-0.2, 0) is 0 Å². The van der Waals surface area contributed by atoms with Gasteiger partial charge in [0.05, 0.1) is 19.8 Å². The normalized spacial score (nSPS) is 26.3. The van der Waals surface area contributed by atoms with E-state index in [1.54, 1.807) is 0 Å². The maximum Gasteiger partial charge on any atom is 0.111 e. The molecule has 0 aromatic carbocycles. The lowest BCUT2D eigenvalue weighted by molar-refractivity contribution is -0.224. The van der Waals surface area contributed by atoms with Crippen LogP contribution in [0.15, 0.2) is 0 Å². The van der Waals surface area contributed by atoms with E-state index in [4.69, 9.17) is 21.1 Å². The Morgan fingerprint density at radius 3 is 0.684 bits per heavy atom. The van der Waals surface area contributed by atoms with Crippen molar-refractivity contribution >= 4 is 0 Å². The van der Waals surface area contributed by atoms with Crippen LogP contribution >= 0.6 is 0 Å². The molecule has 0 radical (unpaired) electrons. The van der Waals surface area contributed by atoms with Crippen molar-refractivity contribution in [3.63, 3.8) is 0 Å². The quantitative estimate of drug-likeness (QED) is 0.0725. The van der Waals surface area contributed by atoms with Gasteiger partial charge in [-0.05, 0) is 0 Å². The van der Waals surface area contributed by atoms with Crippen LogP contribution in [0, 0.1) is 0 Å². The van der Waals surface area contributed by atoms with Crippen LogP contribution in [0.2, 0.25) is 0 Å². The van der Waals surface area contributed by atoms with E-state index in [1.165, 1.54) is 0 Å². The van der Waals surface area contributed by atoms with Gasteiger partial charge >= 0.3 is 0 Å². The molecule has 0 bridgehead atoms. The van der Waals surface area contributed by atoms with Gasteiger partial charge in [0.1, 0.15) is 97.1 Å². The van der Waals surface area contributed by atoms with Crippen LogP contribution in [0.25, 0.3) is 0 Å². The largest absolute Gasteiger partial charge is 0.394 e. The van der Waals surface area contributed by atoms with E-state index in [2.05, 4.69) is 0 Å². The minimum absolute atomic E-state index is 1.17. The summed E-state index contributed by atoms with van der Waals surface area (Å²) in [5.74, 6) is 0. The number of hydrogen-bond donors (Lipinski definition) is 19. The van der Waals surface area contributed by atoms with E-state index in [-0.39, 0.29) is 0 Å². The summed E-state index contributed by atoms with van der Waals surface area (Å²) in [6, 6.07) is 0. The number of aliphatic hydroxyl groups excluding tert-OH is 18. The lowest BCUT2D eigenvalue weighted by Gasteiger charge is -2.48. The van der Waals surface area contributed by atoms with E-state index in [1.807, 2.05) is 0 Å². The van der Waals surface area contributed by atoms with Gasteiger partial charge in [-0.25, -0.2) is 0 Å². The van der Waals surface area contributed by atoms with Gasteiger partial charge in [0, 0.05) is 0 Å². The molecular weight excluding hydrogens is 530 g/mol. The zero-order chi connectivity index (χ0) is 30.3. The first kappa shape index (κ1) is 37.2. The second kappa shape index (κ2) is 15.9. The second-order valence-corrected chi connectivity index (χ2v) is 9.00. The van der Waals surface area contributed by atoms with Crippen molar-refractivity contribution < 1.29 is 91.9 Å². The Balaban J connectivity index is 6.55. The fraction of sp³-hybridized carbons (Fsp3) is 1.00. The Morgan fingerprint density at radius 2 is 0.526 bits per heavy atom. The van der Waals surface area contributed by atoms with Gasteiger partial charge in [0.25, 0.3) is 0 Å². The predicted octanol–water partition coefficient (Wildman–Crippen LogP) is -11.9. The summed E-state index contributed by atoms with van der Waals surface area (Å²) in [5.41, 5.74) is 2.30. The lowest BCUT2D eigenvalue weighted by atomic mass is 9.72. The maximum atomic E-state index is 10.7. The van der Waals surface area contributed by atoms with Crippen molar-refractivity contribution in [2.45, 2.75) is 97.1 Å². The standard InChI is InChI=1S/C19H41NO18/c20-19(16(36)13(33)10(30)7(27)4(24)1-21,17(37)14(34)11(31)8(28)5(25)2-22)18(38)15(35)12(32)9(29)6(26)3-23/h4-18,21-38H,1-3,20H2. The van der Waals surface area contributed by atoms with Crippen molar-refractivity contribution in [1.82, 2.24) is 0 Å². The molecule has 0 saturated heterocycles. The molecule has 0 rings (SSSR count). The maximum absolute atomic E-state index is 10.7. The highest BCUT2D eigenvalue weighted by atomic mass is 16.4. The molecule has 0 aliphatic rings. The molecule has 0 aliphatic carbocycles. The van der Waals surface area contributed by atoms with Gasteiger partial charge in [-0.2, -0.15) is 0 Å². The molecule has 0 aromatic rings. The molecule has 0 saturated carbocycles. The highest BCUT2D eigenvalue weighted by Crippen LogP contribution is 2.30. The van der Waals surface area contributed by atoms with Gasteiger partial charge < -0.3 is 97.7 Å². The van der Waals surface area contributed by atoms with Gasteiger partial charge in [0.15, 0.2) is 0 Å². The van der Waals surface area contributed by atoms with Gasteiger partial charge in [-0.1, -0.05) is 0 Å². The molecule has 0 aromatic heterocycles. The average molecular weight is 572 g/mol. The zero-order valence-corrected chi connectivity index (χ0v) is 19.9. The van der Waals surface area contributed by atoms with E-state index in [0.717, 1.165) is 0 Å². The lowest BCUT2D eigenvalue weighted by Crippen LogP contribution is -2.77. The molecule has 0 amide bonds. The fourth-order valence-corrected chi connectivity index (χ4v) is 3.59. The summed E-state index contributed by atoms with van der Waals surface area (Å²) >= 11 is 0.